The van der Waals surface area contributed by atoms with E-state index in [-0.39, 0.29) is 0 Å². The van der Waals surface area contributed by atoms with Crippen molar-refractivity contribution in [1.82, 2.24) is 19.8 Å². The van der Waals surface area contributed by atoms with E-state index in [4.69, 9.17) is 0 Å². The number of likely N-dealkylation sites (N-methyl/N-ethyl adjacent to an activating group) is 1. The average Bonchev–Trinajstić information content (AvgIpc) is 2.70. The molecule has 0 atom stereocenters. The molecular weight excluding hydrogens is 212 g/mol. The van der Waals surface area contributed by atoms with Gasteiger partial charge in [-0.2, -0.15) is 0 Å². The predicted molar refractivity (Wildman–Crippen MR) is 72.0 cm³/mol. The highest BCUT2D eigenvalue weighted by Gasteiger charge is 2.06. The normalized spacial score (nSPS) is 12.0. The minimum absolute atomic E-state index is 0.511. The molecule has 0 unspecified atom stereocenters. The number of imidazole rings is 1. The molecule has 1 N–H and O–H groups in total. The Morgan fingerprint density at radius 1 is 1.35 bits per heavy atom. The summed E-state index contributed by atoms with van der Waals surface area (Å²) in [6.07, 6.45) is 3.87. The van der Waals surface area contributed by atoms with Gasteiger partial charge in [-0.15, -0.1) is 0 Å². The molecule has 0 fully saturated rings. The third-order valence-corrected chi connectivity index (χ3v) is 3.07. The van der Waals surface area contributed by atoms with Crippen molar-refractivity contribution >= 4 is 0 Å². The summed E-state index contributed by atoms with van der Waals surface area (Å²) in [5, 5.41) is 3.42. The molecular formula is C13H26N4. The van der Waals surface area contributed by atoms with E-state index in [1.807, 2.05) is 12.5 Å². The lowest BCUT2D eigenvalue weighted by atomic mass is 10.3. The SMILES string of the molecule is CC(C)NCc1cncn1CCN(C)C(C)C. The van der Waals surface area contributed by atoms with Gasteiger partial charge in [-0.1, -0.05) is 13.8 Å². The molecule has 0 aliphatic rings. The van der Waals surface area contributed by atoms with Crippen molar-refractivity contribution in [1.29, 1.82) is 0 Å². The van der Waals surface area contributed by atoms with Crippen LogP contribution in [0.25, 0.3) is 0 Å². The highest BCUT2D eigenvalue weighted by Crippen LogP contribution is 2.01. The quantitative estimate of drug-likeness (QED) is 0.785. The molecule has 0 spiro atoms. The van der Waals surface area contributed by atoms with Gasteiger partial charge in [-0.05, 0) is 20.9 Å². The largest absolute Gasteiger partial charge is 0.332 e. The van der Waals surface area contributed by atoms with Crippen LogP contribution in [0, 0.1) is 0 Å². The molecule has 0 saturated carbocycles. The molecule has 1 aromatic heterocycles. The average molecular weight is 238 g/mol. The van der Waals surface area contributed by atoms with E-state index >= 15 is 0 Å². The summed E-state index contributed by atoms with van der Waals surface area (Å²) < 4.78 is 2.23. The van der Waals surface area contributed by atoms with Gasteiger partial charge in [-0.3, -0.25) is 0 Å². The first-order chi connectivity index (χ1) is 8.00. The molecule has 0 aromatic carbocycles. The molecule has 0 aliphatic carbocycles. The summed E-state index contributed by atoms with van der Waals surface area (Å²) in [5.74, 6) is 0. The maximum atomic E-state index is 4.23. The Bertz CT molecular complexity index is 317. The van der Waals surface area contributed by atoms with E-state index in [1.165, 1.54) is 5.69 Å². The van der Waals surface area contributed by atoms with Crippen LogP contribution in [0.4, 0.5) is 0 Å². The van der Waals surface area contributed by atoms with Gasteiger partial charge in [0, 0.05) is 37.9 Å². The van der Waals surface area contributed by atoms with Crippen molar-refractivity contribution in [3.63, 3.8) is 0 Å². The molecule has 98 valence electrons. The van der Waals surface area contributed by atoms with Gasteiger partial charge in [0.1, 0.15) is 0 Å². The molecule has 0 saturated heterocycles. The van der Waals surface area contributed by atoms with Gasteiger partial charge in [0.05, 0.1) is 12.0 Å². The lowest BCUT2D eigenvalue weighted by molar-refractivity contribution is 0.261. The first-order valence-corrected chi connectivity index (χ1v) is 6.43. The Balaban J connectivity index is 2.45. The van der Waals surface area contributed by atoms with E-state index < -0.39 is 0 Å². The zero-order chi connectivity index (χ0) is 12.8. The van der Waals surface area contributed by atoms with Crippen molar-refractivity contribution in [3.8, 4) is 0 Å². The second-order valence-electron chi connectivity index (χ2n) is 5.19. The van der Waals surface area contributed by atoms with Gasteiger partial charge in [-0.25, -0.2) is 4.98 Å². The van der Waals surface area contributed by atoms with E-state index in [0.29, 0.717) is 12.1 Å². The predicted octanol–water partition coefficient (Wildman–Crippen LogP) is 1.72. The summed E-state index contributed by atoms with van der Waals surface area (Å²) in [6, 6.07) is 1.10. The Labute approximate surface area is 105 Å². The Morgan fingerprint density at radius 3 is 2.65 bits per heavy atom. The third kappa shape index (κ3) is 4.88. The number of nitrogens with one attached hydrogen (secondary N) is 1. The van der Waals surface area contributed by atoms with Crippen LogP contribution in [0.3, 0.4) is 0 Å². The van der Waals surface area contributed by atoms with Crippen LogP contribution in [-0.2, 0) is 13.1 Å². The molecule has 1 heterocycles. The zero-order valence-electron chi connectivity index (χ0n) is 11.8. The number of rotatable bonds is 7. The fraction of sp³-hybridized carbons (Fsp3) is 0.769. The molecule has 17 heavy (non-hydrogen) atoms. The van der Waals surface area contributed by atoms with E-state index in [2.05, 4.69) is 54.5 Å². The van der Waals surface area contributed by atoms with Gasteiger partial charge < -0.3 is 14.8 Å². The molecule has 4 heteroatoms. The van der Waals surface area contributed by atoms with Crippen LogP contribution in [0.15, 0.2) is 12.5 Å². The van der Waals surface area contributed by atoms with Crippen molar-refractivity contribution in [2.24, 2.45) is 0 Å². The number of nitrogens with zero attached hydrogens (tertiary/aromatic N) is 3. The first kappa shape index (κ1) is 14.2. The molecule has 0 bridgehead atoms. The molecule has 0 radical (unpaired) electrons. The first-order valence-electron chi connectivity index (χ1n) is 6.43. The molecule has 4 nitrogen and oxygen atoms in total. The van der Waals surface area contributed by atoms with Crippen molar-refractivity contribution in [2.75, 3.05) is 13.6 Å². The lowest BCUT2D eigenvalue weighted by Gasteiger charge is -2.21. The van der Waals surface area contributed by atoms with Crippen LogP contribution in [-0.4, -0.2) is 40.1 Å². The van der Waals surface area contributed by atoms with E-state index in [1.54, 1.807) is 0 Å². The number of aromatic nitrogens is 2. The van der Waals surface area contributed by atoms with Crippen molar-refractivity contribution in [3.05, 3.63) is 18.2 Å². The summed E-state index contributed by atoms with van der Waals surface area (Å²) in [6.45, 7) is 11.7. The zero-order valence-corrected chi connectivity index (χ0v) is 11.8. The Morgan fingerprint density at radius 2 is 2.06 bits per heavy atom. The Kier molecular flexibility index (Phi) is 5.65. The van der Waals surface area contributed by atoms with Crippen LogP contribution in [0.5, 0.6) is 0 Å². The minimum atomic E-state index is 0.511. The lowest BCUT2D eigenvalue weighted by Crippen LogP contribution is -2.30. The minimum Gasteiger partial charge on any atom is -0.332 e. The Hall–Kier alpha value is -0.870. The molecule has 0 aliphatic heterocycles. The summed E-state index contributed by atoms with van der Waals surface area (Å²) in [7, 11) is 2.16. The monoisotopic (exact) mass is 238 g/mol. The van der Waals surface area contributed by atoms with Crippen LogP contribution >= 0.6 is 0 Å². The number of hydrogen-bond donors (Lipinski definition) is 1. The van der Waals surface area contributed by atoms with E-state index in [0.717, 1.165) is 19.6 Å². The fourth-order valence-electron chi connectivity index (χ4n) is 1.53. The van der Waals surface area contributed by atoms with Gasteiger partial charge in [0.25, 0.3) is 0 Å². The van der Waals surface area contributed by atoms with Gasteiger partial charge in [0.15, 0.2) is 0 Å². The standard InChI is InChI=1S/C13H26N4/c1-11(2)15-9-13-8-14-10-17(13)7-6-16(5)12(3)4/h8,10-12,15H,6-7,9H2,1-5H3. The van der Waals surface area contributed by atoms with Crippen LogP contribution < -0.4 is 5.32 Å². The van der Waals surface area contributed by atoms with Crippen molar-refractivity contribution in [2.45, 2.75) is 52.9 Å². The summed E-state index contributed by atoms with van der Waals surface area (Å²) in [5.41, 5.74) is 1.26. The summed E-state index contributed by atoms with van der Waals surface area (Å²) >= 11 is 0. The van der Waals surface area contributed by atoms with Crippen LogP contribution in [0.1, 0.15) is 33.4 Å². The van der Waals surface area contributed by atoms with Crippen LogP contribution in [0.2, 0.25) is 0 Å². The highest BCUT2D eigenvalue weighted by atomic mass is 15.2. The second-order valence-corrected chi connectivity index (χ2v) is 5.19. The third-order valence-electron chi connectivity index (χ3n) is 3.07. The smallest absolute Gasteiger partial charge is 0.0949 e. The molecule has 0 amide bonds. The fourth-order valence-corrected chi connectivity index (χ4v) is 1.53. The number of hydrogen-bond acceptors (Lipinski definition) is 3. The maximum absolute atomic E-state index is 4.23. The van der Waals surface area contributed by atoms with Crippen molar-refractivity contribution < 1.29 is 0 Å². The van der Waals surface area contributed by atoms with E-state index in [9.17, 15) is 0 Å². The van der Waals surface area contributed by atoms with Gasteiger partial charge >= 0.3 is 0 Å². The van der Waals surface area contributed by atoms with Gasteiger partial charge in [0.2, 0.25) is 0 Å². The second kappa shape index (κ2) is 6.77. The topological polar surface area (TPSA) is 33.1 Å². The molecule has 1 rings (SSSR count). The maximum Gasteiger partial charge on any atom is 0.0949 e. The highest BCUT2D eigenvalue weighted by molar-refractivity contribution is 4.98. The molecule has 1 aromatic rings. The summed E-state index contributed by atoms with van der Waals surface area (Å²) in [4.78, 5) is 6.57.